The van der Waals surface area contributed by atoms with E-state index in [1.165, 1.54) is 0 Å². The second-order valence-electron chi connectivity index (χ2n) is 1.94. The van der Waals surface area contributed by atoms with Gasteiger partial charge < -0.3 is 10.5 Å². The fourth-order valence-electron chi connectivity index (χ4n) is 0.718. The molecule has 2 atom stereocenters. The lowest BCUT2D eigenvalue weighted by Gasteiger charge is -1.99. The van der Waals surface area contributed by atoms with Crippen molar-refractivity contribution < 1.29 is 9.53 Å². The van der Waals surface area contributed by atoms with E-state index in [1.54, 1.807) is 0 Å². The summed E-state index contributed by atoms with van der Waals surface area (Å²) in [5.74, 6) is -0.537. The van der Waals surface area contributed by atoms with Gasteiger partial charge in [-0.1, -0.05) is 5.11 Å². The normalized spacial score (nSPS) is 31.1. The predicted molar refractivity (Wildman–Crippen MR) is 31.9 cm³/mol. The largest absolute Gasteiger partial charge is 0.464 e. The number of cyclic esters (lactones) is 1. The van der Waals surface area contributed by atoms with Gasteiger partial charge in [0.05, 0.1) is 6.04 Å². The van der Waals surface area contributed by atoms with Gasteiger partial charge in [0.2, 0.25) is 0 Å². The Morgan fingerprint density at radius 2 is 2.60 bits per heavy atom. The van der Waals surface area contributed by atoms with Crippen molar-refractivity contribution in [2.45, 2.75) is 12.1 Å². The van der Waals surface area contributed by atoms with Gasteiger partial charge in [0.1, 0.15) is 6.61 Å². The maximum atomic E-state index is 10.6. The number of esters is 1. The first-order chi connectivity index (χ1) is 4.75. The first-order valence-electron chi connectivity index (χ1n) is 2.72. The number of rotatable bonds is 1. The topological polar surface area (TPSA) is 101 Å². The molecule has 0 radical (unpaired) electrons. The number of carbonyl (C=O) groups is 1. The SMILES string of the molecule is [N-]=[N+]=N[C@@H]1C(=O)OC[C@H]1N. The van der Waals surface area contributed by atoms with E-state index in [2.05, 4.69) is 14.8 Å². The minimum atomic E-state index is -0.829. The molecule has 1 saturated heterocycles. The number of nitrogens with zero attached hydrogens (tertiary/aromatic N) is 3. The van der Waals surface area contributed by atoms with Crippen LogP contribution < -0.4 is 5.73 Å². The molecule has 1 fully saturated rings. The molecule has 10 heavy (non-hydrogen) atoms. The lowest BCUT2D eigenvalue weighted by atomic mass is 10.2. The highest BCUT2D eigenvalue weighted by atomic mass is 16.5. The molecule has 54 valence electrons. The molecule has 0 amide bonds. The number of azide groups is 1. The third kappa shape index (κ3) is 1.02. The summed E-state index contributed by atoms with van der Waals surface area (Å²) in [6.45, 7) is 0.141. The van der Waals surface area contributed by atoms with Gasteiger partial charge in [-0.3, -0.25) is 4.79 Å². The zero-order valence-corrected chi connectivity index (χ0v) is 5.10. The van der Waals surface area contributed by atoms with Gasteiger partial charge >= 0.3 is 5.97 Å². The molecular formula is C4H6N4O2. The summed E-state index contributed by atoms with van der Waals surface area (Å²) in [6, 6.07) is -1.31. The molecule has 0 aliphatic carbocycles. The quantitative estimate of drug-likeness (QED) is 0.232. The highest BCUT2D eigenvalue weighted by molar-refractivity contribution is 5.79. The summed E-state index contributed by atoms with van der Waals surface area (Å²) in [5.41, 5.74) is 13.3. The Morgan fingerprint density at radius 3 is 3.00 bits per heavy atom. The van der Waals surface area contributed by atoms with Crippen molar-refractivity contribution in [1.29, 1.82) is 0 Å². The minimum Gasteiger partial charge on any atom is -0.464 e. The summed E-state index contributed by atoms with van der Waals surface area (Å²) in [6.07, 6.45) is 0. The molecule has 0 aromatic rings. The van der Waals surface area contributed by atoms with E-state index in [1.807, 2.05) is 0 Å². The first kappa shape index (κ1) is 6.85. The van der Waals surface area contributed by atoms with Crippen LogP contribution >= 0.6 is 0 Å². The molecule has 0 saturated carbocycles. The van der Waals surface area contributed by atoms with Gasteiger partial charge in [0.15, 0.2) is 6.04 Å². The van der Waals surface area contributed by atoms with Crippen LogP contribution in [0.25, 0.3) is 10.4 Å². The third-order valence-electron chi connectivity index (χ3n) is 1.24. The van der Waals surface area contributed by atoms with Gasteiger partial charge in [-0.05, 0) is 5.53 Å². The van der Waals surface area contributed by atoms with Gasteiger partial charge in [-0.2, -0.15) is 0 Å². The van der Waals surface area contributed by atoms with E-state index >= 15 is 0 Å². The summed E-state index contributed by atoms with van der Waals surface area (Å²) >= 11 is 0. The van der Waals surface area contributed by atoms with Crippen molar-refractivity contribution in [3.8, 4) is 0 Å². The fourth-order valence-corrected chi connectivity index (χ4v) is 0.718. The monoisotopic (exact) mass is 142 g/mol. The minimum absolute atomic E-state index is 0.141. The van der Waals surface area contributed by atoms with Crippen LogP contribution in [-0.2, 0) is 9.53 Å². The zero-order chi connectivity index (χ0) is 7.56. The van der Waals surface area contributed by atoms with Crippen molar-refractivity contribution in [1.82, 2.24) is 0 Å². The Labute approximate surface area is 56.6 Å². The van der Waals surface area contributed by atoms with Crippen molar-refractivity contribution in [2.24, 2.45) is 10.8 Å². The van der Waals surface area contributed by atoms with Gasteiger partial charge in [-0.15, -0.1) is 0 Å². The summed E-state index contributed by atoms with van der Waals surface area (Å²) in [7, 11) is 0. The van der Waals surface area contributed by atoms with Crippen molar-refractivity contribution in [2.75, 3.05) is 6.61 Å². The Kier molecular flexibility index (Phi) is 1.75. The number of ether oxygens (including phenoxy) is 1. The summed E-state index contributed by atoms with van der Waals surface area (Å²) in [5, 5.41) is 3.17. The van der Waals surface area contributed by atoms with E-state index < -0.39 is 18.1 Å². The molecule has 1 heterocycles. The molecule has 0 spiro atoms. The molecule has 1 rings (SSSR count). The zero-order valence-electron chi connectivity index (χ0n) is 5.10. The van der Waals surface area contributed by atoms with Gasteiger partial charge in [0.25, 0.3) is 0 Å². The van der Waals surface area contributed by atoms with Gasteiger partial charge in [-0.25, -0.2) is 0 Å². The Morgan fingerprint density at radius 1 is 1.90 bits per heavy atom. The number of carbonyl (C=O) groups excluding carboxylic acids is 1. The Balaban J connectivity index is 2.71. The molecule has 1 aliphatic rings. The average Bonchev–Trinajstić information content (AvgIpc) is 2.20. The van der Waals surface area contributed by atoms with Crippen LogP contribution in [0.5, 0.6) is 0 Å². The standard InChI is InChI=1S/C4H6N4O2/c5-2-1-10-4(9)3(2)7-8-6/h2-3H,1,5H2/t2-,3+/m1/s1. The van der Waals surface area contributed by atoms with Crippen molar-refractivity contribution in [3.63, 3.8) is 0 Å². The van der Waals surface area contributed by atoms with E-state index in [0.29, 0.717) is 0 Å². The second-order valence-corrected chi connectivity index (χ2v) is 1.94. The molecule has 0 unspecified atom stereocenters. The van der Waals surface area contributed by atoms with E-state index in [0.717, 1.165) is 0 Å². The van der Waals surface area contributed by atoms with Crippen LogP contribution in [0.3, 0.4) is 0 Å². The lowest BCUT2D eigenvalue weighted by molar-refractivity contribution is -0.138. The molecule has 2 N–H and O–H groups in total. The van der Waals surface area contributed by atoms with E-state index in [-0.39, 0.29) is 6.61 Å². The molecule has 6 nitrogen and oxygen atoms in total. The smallest absolute Gasteiger partial charge is 0.316 e. The number of hydrogen-bond acceptors (Lipinski definition) is 4. The second kappa shape index (κ2) is 2.55. The van der Waals surface area contributed by atoms with E-state index in [9.17, 15) is 4.79 Å². The van der Waals surface area contributed by atoms with Crippen molar-refractivity contribution >= 4 is 5.97 Å². The Hall–Kier alpha value is -1.26. The van der Waals surface area contributed by atoms with Crippen LogP contribution in [0.15, 0.2) is 5.11 Å². The van der Waals surface area contributed by atoms with Crippen LogP contribution in [0.4, 0.5) is 0 Å². The average molecular weight is 142 g/mol. The predicted octanol–water partition coefficient (Wildman–Crippen LogP) is -0.451. The molecule has 0 aromatic heterocycles. The third-order valence-corrected chi connectivity index (χ3v) is 1.24. The number of nitrogens with two attached hydrogens (primary N) is 1. The lowest BCUT2D eigenvalue weighted by Crippen LogP contribution is -2.32. The summed E-state index contributed by atoms with van der Waals surface area (Å²) < 4.78 is 4.50. The summed E-state index contributed by atoms with van der Waals surface area (Å²) in [4.78, 5) is 13.1. The molecule has 0 bridgehead atoms. The molecule has 6 heteroatoms. The first-order valence-corrected chi connectivity index (χ1v) is 2.72. The molecule has 0 aromatic carbocycles. The maximum Gasteiger partial charge on any atom is 0.316 e. The van der Waals surface area contributed by atoms with Crippen LogP contribution in [-0.4, -0.2) is 24.7 Å². The van der Waals surface area contributed by atoms with Crippen LogP contribution in [0.2, 0.25) is 0 Å². The molecule has 1 aliphatic heterocycles. The van der Waals surface area contributed by atoms with Crippen LogP contribution in [0.1, 0.15) is 0 Å². The number of hydrogen-bond donors (Lipinski definition) is 1. The van der Waals surface area contributed by atoms with Crippen molar-refractivity contribution in [3.05, 3.63) is 10.4 Å². The van der Waals surface area contributed by atoms with E-state index in [4.69, 9.17) is 11.3 Å². The Bertz CT molecular complexity index is 197. The molecular weight excluding hydrogens is 136 g/mol. The van der Waals surface area contributed by atoms with Gasteiger partial charge in [0, 0.05) is 4.91 Å². The highest BCUT2D eigenvalue weighted by Crippen LogP contribution is 2.08. The fraction of sp³-hybridized carbons (Fsp3) is 0.750. The maximum absolute atomic E-state index is 10.6. The van der Waals surface area contributed by atoms with Crippen LogP contribution in [0, 0.1) is 0 Å². The highest BCUT2D eigenvalue weighted by Gasteiger charge is 2.33.